The summed E-state index contributed by atoms with van der Waals surface area (Å²) in [6.07, 6.45) is -2.26. The van der Waals surface area contributed by atoms with Gasteiger partial charge in [-0.15, -0.1) is 0 Å². The summed E-state index contributed by atoms with van der Waals surface area (Å²) in [5.41, 5.74) is 2.60. The van der Waals surface area contributed by atoms with Crippen molar-refractivity contribution in [1.29, 1.82) is 0 Å². The van der Waals surface area contributed by atoms with Crippen LogP contribution >= 0.6 is 12.6 Å². The number of thiol groups is 1. The van der Waals surface area contributed by atoms with Gasteiger partial charge in [0.1, 0.15) is 5.82 Å². The highest BCUT2D eigenvalue weighted by Gasteiger charge is 2.40. The second kappa shape index (κ2) is 9.44. The SMILES string of the molecule is O=C1CCC(N2Cc3c(CN4CCN(c5ncccc5C(F)(F)F)CC4)cccc3C2S)C(=O)N1. The van der Waals surface area contributed by atoms with E-state index in [1.807, 2.05) is 17.0 Å². The van der Waals surface area contributed by atoms with Gasteiger partial charge in [-0.1, -0.05) is 18.2 Å². The molecule has 0 saturated carbocycles. The van der Waals surface area contributed by atoms with E-state index in [0.717, 1.165) is 22.8 Å². The van der Waals surface area contributed by atoms with Crippen molar-refractivity contribution < 1.29 is 22.8 Å². The van der Waals surface area contributed by atoms with Crippen molar-refractivity contribution in [2.45, 2.75) is 43.5 Å². The predicted octanol–water partition coefficient (Wildman–Crippen LogP) is 2.97. The van der Waals surface area contributed by atoms with Gasteiger partial charge in [-0.05, 0) is 35.2 Å². The van der Waals surface area contributed by atoms with Crippen molar-refractivity contribution in [3.63, 3.8) is 0 Å². The van der Waals surface area contributed by atoms with Crippen molar-refractivity contribution in [1.82, 2.24) is 20.1 Å². The Morgan fingerprint density at radius 1 is 1.09 bits per heavy atom. The van der Waals surface area contributed by atoms with Crippen LogP contribution in [0.5, 0.6) is 0 Å². The number of alkyl halides is 3. The molecule has 2 atom stereocenters. The molecule has 35 heavy (non-hydrogen) atoms. The summed E-state index contributed by atoms with van der Waals surface area (Å²) >= 11 is 4.78. The monoisotopic (exact) mass is 505 g/mol. The van der Waals surface area contributed by atoms with Gasteiger partial charge >= 0.3 is 6.18 Å². The lowest BCUT2D eigenvalue weighted by atomic mass is 10.0. The molecule has 2 amide bonds. The second-order valence-electron chi connectivity index (χ2n) is 9.13. The molecular weight excluding hydrogens is 479 g/mol. The Balaban J connectivity index is 1.26. The van der Waals surface area contributed by atoms with Gasteiger partial charge < -0.3 is 4.90 Å². The molecule has 2 unspecified atom stereocenters. The minimum atomic E-state index is -4.44. The number of carbonyl (C=O) groups excluding carboxylic acids is 2. The third kappa shape index (κ3) is 4.76. The number of nitrogens with zero attached hydrogens (tertiary/aromatic N) is 4. The Morgan fingerprint density at radius 2 is 1.86 bits per heavy atom. The first-order valence-electron chi connectivity index (χ1n) is 11.6. The molecule has 2 saturated heterocycles. The van der Waals surface area contributed by atoms with Gasteiger partial charge in [0.2, 0.25) is 11.8 Å². The summed E-state index contributed by atoms with van der Waals surface area (Å²) in [6, 6.07) is 8.03. The summed E-state index contributed by atoms with van der Waals surface area (Å²) in [7, 11) is 0. The number of nitrogens with one attached hydrogen (secondary N) is 1. The molecule has 0 radical (unpaired) electrons. The Hall–Kier alpha value is -2.63. The number of hydrogen-bond acceptors (Lipinski definition) is 7. The van der Waals surface area contributed by atoms with E-state index in [4.69, 9.17) is 12.6 Å². The molecule has 2 aromatic rings. The number of imide groups is 1. The number of anilines is 1. The highest BCUT2D eigenvalue weighted by Crippen LogP contribution is 2.41. The van der Waals surface area contributed by atoms with Crippen LogP contribution in [0.3, 0.4) is 0 Å². The molecule has 2 fully saturated rings. The molecule has 11 heteroatoms. The molecule has 1 N–H and O–H groups in total. The summed E-state index contributed by atoms with van der Waals surface area (Å²) in [6.45, 7) is 3.35. The summed E-state index contributed by atoms with van der Waals surface area (Å²) in [5, 5.41) is 2.18. The van der Waals surface area contributed by atoms with Gasteiger partial charge in [-0.3, -0.25) is 24.7 Å². The van der Waals surface area contributed by atoms with E-state index in [2.05, 4.69) is 21.3 Å². The highest BCUT2D eigenvalue weighted by atomic mass is 32.1. The van der Waals surface area contributed by atoms with Gasteiger partial charge in [0.05, 0.1) is 17.0 Å². The van der Waals surface area contributed by atoms with Crippen LogP contribution in [0, 0.1) is 0 Å². The van der Waals surface area contributed by atoms with Crippen LogP contribution in [0.4, 0.5) is 19.0 Å². The van der Waals surface area contributed by atoms with Crippen molar-refractivity contribution in [3.05, 3.63) is 58.8 Å². The number of benzene rings is 1. The van der Waals surface area contributed by atoms with Crippen LogP contribution < -0.4 is 10.2 Å². The fourth-order valence-corrected chi connectivity index (χ4v) is 5.68. The first-order chi connectivity index (χ1) is 16.7. The number of aromatic nitrogens is 1. The lowest BCUT2D eigenvalue weighted by Crippen LogP contribution is -2.51. The number of amides is 2. The molecule has 0 aliphatic carbocycles. The molecule has 7 nitrogen and oxygen atoms in total. The Morgan fingerprint density at radius 3 is 2.57 bits per heavy atom. The van der Waals surface area contributed by atoms with Crippen LogP contribution in [0.1, 0.15) is 40.5 Å². The van der Waals surface area contributed by atoms with Crippen molar-refractivity contribution >= 4 is 30.3 Å². The lowest BCUT2D eigenvalue weighted by molar-refractivity contribution is -0.138. The zero-order chi connectivity index (χ0) is 24.7. The zero-order valence-electron chi connectivity index (χ0n) is 19.0. The van der Waals surface area contributed by atoms with Gasteiger partial charge in [0, 0.05) is 51.9 Å². The number of fused-ring (bicyclic) bond motifs is 1. The molecule has 4 heterocycles. The first-order valence-corrected chi connectivity index (χ1v) is 12.1. The molecule has 3 aliphatic rings. The van der Waals surface area contributed by atoms with Gasteiger partial charge in [-0.25, -0.2) is 4.98 Å². The first kappa shape index (κ1) is 24.1. The number of halogens is 3. The molecule has 1 aromatic carbocycles. The van der Waals surface area contributed by atoms with Crippen molar-refractivity contribution in [2.75, 3.05) is 31.1 Å². The smallest absolute Gasteiger partial charge is 0.354 e. The predicted molar refractivity (Wildman–Crippen MR) is 127 cm³/mol. The molecule has 5 rings (SSSR count). The molecule has 3 aliphatic heterocycles. The van der Waals surface area contributed by atoms with Crippen molar-refractivity contribution in [3.8, 4) is 0 Å². The topological polar surface area (TPSA) is 68.8 Å². The third-order valence-electron chi connectivity index (χ3n) is 7.01. The van der Waals surface area contributed by atoms with E-state index in [1.54, 1.807) is 4.90 Å². The van der Waals surface area contributed by atoms with Gasteiger partial charge in [0.25, 0.3) is 0 Å². The maximum Gasteiger partial charge on any atom is 0.419 e. The number of piperidine rings is 1. The average molecular weight is 506 g/mol. The van der Waals surface area contributed by atoms with Crippen LogP contribution in [0.15, 0.2) is 36.5 Å². The van der Waals surface area contributed by atoms with E-state index >= 15 is 0 Å². The van der Waals surface area contributed by atoms with E-state index in [-0.39, 0.29) is 23.0 Å². The Labute approximate surface area is 206 Å². The normalized spacial score (nSPS) is 23.9. The maximum atomic E-state index is 13.4. The molecule has 0 bridgehead atoms. The second-order valence-corrected chi connectivity index (χ2v) is 9.62. The maximum absolute atomic E-state index is 13.4. The van der Waals surface area contributed by atoms with E-state index in [0.29, 0.717) is 52.1 Å². The third-order valence-corrected chi connectivity index (χ3v) is 7.59. The van der Waals surface area contributed by atoms with E-state index in [1.165, 1.54) is 12.3 Å². The molecule has 0 spiro atoms. The van der Waals surface area contributed by atoms with E-state index < -0.39 is 17.8 Å². The number of piperazine rings is 1. The Bertz CT molecular complexity index is 1140. The average Bonchev–Trinajstić information content (AvgIpc) is 3.16. The lowest BCUT2D eigenvalue weighted by Gasteiger charge is -2.36. The summed E-state index contributed by atoms with van der Waals surface area (Å²) in [4.78, 5) is 33.9. The highest BCUT2D eigenvalue weighted by molar-refractivity contribution is 7.80. The fraction of sp³-hybridized carbons (Fsp3) is 0.458. The number of pyridine rings is 1. The number of carbonyl (C=O) groups is 2. The summed E-state index contributed by atoms with van der Waals surface area (Å²) < 4.78 is 40.2. The van der Waals surface area contributed by atoms with Crippen LogP contribution in [0.25, 0.3) is 0 Å². The minimum absolute atomic E-state index is 0.0157. The molecule has 1 aromatic heterocycles. The number of hydrogen-bond donors (Lipinski definition) is 2. The summed E-state index contributed by atoms with van der Waals surface area (Å²) in [5.74, 6) is -0.539. The molecular formula is C24H26F3N5O2S. The number of rotatable bonds is 4. The Kier molecular flexibility index (Phi) is 6.49. The van der Waals surface area contributed by atoms with Crippen molar-refractivity contribution in [2.24, 2.45) is 0 Å². The largest absolute Gasteiger partial charge is 0.419 e. The van der Waals surface area contributed by atoms with Crippen LogP contribution in [-0.2, 0) is 28.9 Å². The van der Waals surface area contributed by atoms with Gasteiger partial charge in [0.15, 0.2) is 0 Å². The quantitative estimate of drug-likeness (QED) is 0.492. The van der Waals surface area contributed by atoms with Crippen LogP contribution in [0.2, 0.25) is 0 Å². The van der Waals surface area contributed by atoms with E-state index in [9.17, 15) is 22.8 Å². The minimum Gasteiger partial charge on any atom is -0.354 e. The van der Waals surface area contributed by atoms with Crippen LogP contribution in [-0.4, -0.2) is 58.8 Å². The zero-order valence-corrected chi connectivity index (χ0v) is 19.9. The standard InChI is InChI=1S/C24H26F3N5O2S/c25-24(26,27)18-5-2-8-28-21(18)31-11-9-30(10-12-31)13-15-3-1-4-16-17(15)14-32(23(16)35)19-6-7-20(33)29-22(19)34/h1-5,8,19,23,35H,6-7,9-14H2,(H,29,33,34). The molecule has 186 valence electrons. The fourth-order valence-electron chi connectivity index (χ4n) is 5.19. The van der Waals surface area contributed by atoms with Gasteiger partial charge in [-0.2, -0.15) is 25.8 Å².